The Morgan fingerprint density at radius 3 is 2.62 bits per heavy atom. The smallest absolute Gasteiger partial charge is 0.158 e. The van der Waals surface area contributed by atoms with Crippen LogP contribution in [-0.2, 0) is 4.74 Å². The van der Waals surface area contributed by atoms with Gasteiger partial charge < -0.3 is 14.8 Å². The Kier molecular flexibility index (Phi) is 5.97. The third kappa shape index (κ3) is 4.36. The molecule has 1 aliphatic rings. The summed E-state index contributed by atoms with van der Waals surface area (Å²) in [5.74, 6) is 1.86. The molecule has 0 spiro atoms. The highest BCUT2D eigenvalue weighted by Gasteiger charge is 2.14. The van der Waals surface area contributed by atoms with Crippen LogP contribution in [0.25, 0.3) is 16.9 Å². The maximum absolute atomic E-state index is 5.42. The molecular formula is C22H29N5O2. The molecule has 3 heterocycles. The molecule has 0 atom stereocenters. The SMILES string of the molecule is COc1ccc(-c2cc3nc(C)c(C)c(NCCCN4CCOCC4)n3n2)cc1. The van der Waals surface area contributed by atoms with E-state index < -0.39 is 0 Å². The summed E-state index contributed by atoms with van der Waals surface area (Å²) in [5.41, 5.74) is 4.96. The van der Waals surface area contributed by atoms with Crippen LogP contribution in [0.4, 0.5) is 5.82 Å². The number of fused-ring (bicyclic) bond motifs is 1. The number of morpholine rings is 1. The van der Waals surface area contributed by atoms with Crippen LogP contribution in [0.3, 0.4) is 0 Å². The molecular weight excluding hydrogens is 366 g/mol. The molecule has 0 radical (unpaired) electrons. The minimum atomic E-state index is 0.838. The molecule has 29 heavy (non-hydrogen) atoms. The standard InChI is InChI=1S/C22H29N5O2/c1-16-17(2)24-21-15-20(18-5-7-19(28-3)8-6-18)25-27(21)22(16)23-9-4-10-26-11-13-29-14-12-26/h5-8,15,23H,4,9-14H2,1-3H3. The number of hydrogen-bond acceptors (Lipinski definition) is 6. The molecule has 1 aliphatic heterocycles. The second kappa shape index (κ2) is 8.80. The molecule has 2 aromatic heterocycles. The summed E-state index contributed by atoms with van der Waals surface area (Å²) in [5, 5.41) is 8.43. The van der Waals surface area contributed by atoms with Crippen molar-refractivity contribution in [1.82, 2.24) is 19.5 Å². The van der Waals surface area contributed by atoms with Crippen molar-refractivity contribution in [3.63, 3.8) is 0 Å². The summed E-state index contributed by atoms with van der Waals surface area (Å²) < 4.78 is 12.6. The van der Waals surface area contributed by atoms with Crippen LogP contribution in [-0.4, -0.2) is 66.0 Å². The Bertz CT molecular complexity index is 961. The zero-order chi connectivity index (χ0) is 20.2. The van der Waals surface area contributed by atoms with Gasteiger partial charge in [0.25, 0.3) is 0 Å². The van der Waals surface area contributed by atoms with Crippen molar-refractivity contribution < 1.29 is 9.47 Å². The van der Waals surface area contributed by atoms with E-state index >= 15 is 0 Å². The van der Waals surface area contributed by atoms with Gasteiger partial charge in [-0.05, 0) is 51.1 Å². The first-order valence-corrected chi connectivity index (χ1v) is 10.2. The molecule has 1 N–H and O–H groups in total. The van der Waals surface area contributed by atoms with E-state index in [1.165, 1.54) is 0 Å². The van der Waals surface area contributed by atoms with Crippen molar-refractivity contribution in [3.05, 3.63) is 41.6 Å². The normalized spacial score (nSPS) is 15.0. The third-order valence-corrected chi connectivity index (χ3v) is 5.52. The van der Waals surface area contributed by atoms with Crippen molar-refractivity contribution in [2.75, 3.05) is 51.8 Å². The lowest BCUT2D eigenvalue weighted by Gasteiger charge is -2.26. The number of aryl methyl sites for hydroxylation is 1. The van der Waals surface area contributed by atoms with E-state index in [1.807, 2.05) is 41.8 Å². The summed E-state index contributed by atoms with van der Waals surface area (Å²) in [6.07, 6.45) is 1.08. The van der Waals surface area contributed by atoms with Gasteiger partial charge in [-0.1, -0.05) is 0 Å². The van der Waals surface area contributed by atoms with E-state index in [-0.39, 0.29) is 0 Å². The first kappa shape index (κ1) is 19.7. The highest BCUT2D eigenvalue weighted by atomic mass is 16.5. The number of rotatable bonds is 7. The lowest BCUT2D eigenvalue weighted by Crippen LogP contribution is -2.37. The van der Waals surface area contributed by atoms with Gasteiger partial charge in [0.15, 0.2) is 5.65 Å². The molecule has 0 amide bonds. The molecule has 3 aromatic rings. The molecule has 0 saturated carbocycles. The fourth-order valence-electron chi connectivity index (χ4n) is 3.65. The van der Waals surface area contributed by atoms with Crippen LogP contribution < -0.4 is 10.1 Å². The van der Waals surface area contributed by atoms with Gasteiger partial charge >= 0.3 is 0 Å². The predicted molar refractivity (Wildman–Crippen MR) is 115 cm³/mol. The van der Waals surface area contributed by atoms with Crippen LogP contribution in [0.2, 0.25) is 0 Å². The van der Waals surface area contributed by atoms with Crippen LogP contribution in [0.5, 0.6) is 5.75 Å². The van der Waals surface area contributed by atoms with E-state index in [1.54, 1.807) is 7.11 Å². The zero-order valence-electron chi connectivity index (χ0n) is 17.4. The maximum Gasteiger partial charge on any atom is 0.158 e. The summed E-state index contributed by atoms with van der Waals surface area (Å²) >= 11 is 0. The number of anilines is 1. The van der Waals surface area contributed by atoms with Crippen molar-refractivity contribution in [1.29, 1.82) is 0 Å². The number of nitrogens with one attached hydrogen (secondary N) is 1. The predicted octanol–water partition coefficient (Wildman–Crippen LogP) is 3.16. The number of aromatic nitrogens is 3. The third-order valence-electron chi connectivity index (χ3n) is 5.52. The zero-order valence-corrected chi connectivity index (χ0v) is 17.4. The summed E-state index contributed by atoms with van der Waals surface area (Å²) in [4.78, 5) is 7.19. The average molecular weight is 396 g/mol. The highest BCUT2D eigenvalue weighted by molar-refractivity contribution is 5.67. The molecule has 0 aliphatic carbocycles. The first-order chi connectivity index (χ1) is 14.2. The lowest BCUT2D eigenvalue weighted by atomic mass is 10.1. The number of methoxy groups -OCH3 is 1. The van der Waals surface area contributed by atoms with Crippen molar-refractivity contribution >= 4 is 11.5 Å². The van der Waals surface area contributed by atoms with E-state index in [2.05, 4.69) is 17.1 Å². The fraction of sp³-hybridized carbons (Fsp3) is 0.455. The average Bonchev–Trinajstić information content (AvgIpc) is 3.18. The largest absolute Gasteiger partial charge is 0.497 e. The summed E-state index contributed by atoms with van der Waals surface area (Å²) in [6, 6.07) is 9.99. The van der Waals surface area contributed by atoms with Crippen LogP contribution in [0.15, 0.2) is 30.3 Å². The van der Waals surface area contributed by atoms with Gasteiger partial charge in [0.2, 0.25) is 0 Å². The number of ether oxygens (including phenoxy) is 2. The van der Waals surface area contributed by atoms with Crippen LogP contribution in [0, 0.1) is 13.8 Å². The molecule has 4 rings (SSSR count). The lowest BCUT2D eigenvalue weighted by molar-refractivity contribution is 0.0378. The van der Waals surface area contributed by atoms with Gasteiger partial charge in [-0.2, -0.15) is 9.61 Å². The highest BCUT2D eigenvalue weighted by Crippen LogP contribution is 2.26. The minimum Gasteiger partial charge on any atom is -0.497 e. The number of benzene rings is 1. The molecule has 1 saturated heterocycles. The van der Waals surface area contributed by atoms with E-state index in [4.69, 9.17) is 19.6 Å². The molecule has 1 aromatic carbocycles. The van der Waals surface area contributed by atoms with E-state index in [9.17, 15) is 0 Å². The van der Waals surface area contributed by atoms with E-state index in [0.29, 0.717) is 0 Å². The van der Waals surface area contributed by atoms with Gasteiger partial charge in [0.1, 0.15) is 11.6 Å². The van der Waals surface area contributed by atoms with Gasteiger partial charge in [0, 0.05) is 42.5 Å². The monoisotopic (exact) mass is 395 g/mol. The first-order valence-electron chi connectivity index (χ1n) is 10.2. The topological polar surface area (TPSA) is 63.9 Å². The number of nitrogens with zero attached hydrogens (tertiary/aromatic N) is 4. The summed E-state index contributed by atoms with van der Waals surface area (Å²) in [7, 11) is 1.67. The molecule has 0 bridgehead atoms. The van der Waals surface area contributed by atoms with Gasteiger partial charge in [-0.15, -0.1) is 0 Å². The fourth-order valence-corrected chi connectivity index (χ4v) is 3.65. The Morgan fingerprint density at radius 2 is 1.90 bits per heavy atom. The second-order valence-corrected chi connectivity index (χ2v) is 7.43. The van der Waals surface area contributed by atoms with Gasteiger partial charge in [-0.3, -0.25) is 4.90 Å². The van der Waals surface area contributed by atoms with Gasteiger partial charge in [0.05, 0.1) is 26.0 Å². The molecule has 1 fully saturated rings. The van der Waals surface area contributed by atoms with Crippen molar-refractivity contribution in [2.45, 2.75) is 20.3 Å². The second-order valence-electron chi connectivity index (χ2n) is 7.43. The quantitative estimate of drug-likeness (QED) is 0.620. The molecule has 154 valence electrons. The Hall–Kier alpha value is -2.64. The van der Waals surface area contributed by atoms with Crippen molar-refractivity contribution in [3.8, 4) is 17.0 Å². The minimum absolute atomic E-state index is 0.838. The molecule has 7 nitrogen and oxygen atoms in total. The molecule has 0 unspecified atom stereocenters. The number of hydrogen-bond donors (Lipinski definition) is 1. The van der Waals surface area contributed by atoms with Crippen molar-refractivity contribution in [2.24, 2.45) is 0 Å². The molecule has 7 heteroatoms. The Labute approximate surface area is 171 Å². The van der Waals surface area contributed by atoms with E-state index in [0.717, 1.165) is 85.5 Å². The maximum atomic E-state index is 5.42. The Morgan fingerprint density at radius 1 is 1.14 bits per heavy atom. The Balaban J connectivity index is 1.52. The summed E-state index contributed by atoms with van der Waals surface area (Å²) in [6.45, 7) is 9.88. The van der Waals surface area contributed by atoms with Crippen LogP contribution in [0.1, 0.15) is 17.7 Å². The van der Waals surface area contributed by atoms with Crippen LogP contribution >= 0.6 is 0 Å². The van der Waals surface area contributed by atoms with Gasteiger partial charge in [-0.25, -0.2) is 4.98 Å².